The second kappa shape index (κ2) is 12.0. The van der Waals surface area contributed by atoms with Crippen LogP contribution in [0.2, 0.25) is 0 Å². The molecule has 1 aliphatic heterocycles. The van der Waals surface area contributed by atoms with Crippen molar-refractivity contribution in [3.05, 3.63) is 95.0 Å². The van der Waals surface area contributed by atoms with Gasteiger partial charge < -0.3 is 20.5 Å². The number of amides is 1. The normalized spacial score (nSPS) is 14.2. The van der Waals surface area contributed by atoms with Gasteiger partial charge in [0.1, 0.15) is 5.69 Å². The van der Waals surface area contributed by atoms with Gasteiger partial charge in [-0.3, -0.25) is 14.7 Å². The maximum Gasteiger partial charge on any atom is 0.290 e. The highest BCUT2D eigenvalue weighted by Crippen LogP contribution is 2.31. The van der Waals surface area contributed by atoms with Gasteiger partial charge in [-0.1, -0.05) is 44.1 Å². The number of hydrogen-bond donors (Lipinski definition) is 3. The Morgan fingerprint density at radius 1 is 1.02 bits per heavy atom. The molecular weight excluding hydrogens is 500 g/mol. The number of aryl methyl sites for hydroxylation is 1. The molecule has 1 amide bonds. The van der Waals surface area contributed by atoms with Crippen LogP contribution in [-0.2, 0) is 18.5 Å². The molecule has 5 rings (SSSR count). The van der Waals surface area contributed by atoms with Gasteiger partial charge in [0.15, 0.2) is 0 Å². The van der Waals surface area contributed by atoms with Crippen LogP contribution in [0, 0.1) is 6.92 Å². The molecule has 0 saturated carbocycles. The lowest BCUT2D eigenvalue weighted by Gasteiger charge is -2.28. The van der Waals surface area contributed by atoms with Crippen LogP contribution in [0.25, 0.3) is 11.3 Å². The Bertz CT molecular complexity index is 1450. The zero-order valence-corrected chi connectivity index (χ0v) is 23.8. The van der Waals surface area contributed by atoms with E-state index in [-0.39, 0.29) is 17.1 Å². The van der Waals surface area contributed by atoms with E-state index in [1.165, 1.54) is 11.1 Å². The molecule has 0 aliphatic carbocycles. The smallest absolute Gasteiger partial charge is 0.290 e. The number of aromatic nitrogens is 2. The van der Waals surface area contributed by atoms with Gasteiger partial charge in [0, 0.05) is 74.7 Å². The van der Waals surface area contributed by atoms with Crippen molar-refractivity contribution in [3.63, 3.8) is 0 Å². The molecule has 2 aromatic heterocycles. The molecule has 1 saturated heterocycles. The van der Waals surface area contributed by atoms with E-state index in [1.807, 2.05) is 19.1 Å². The Morgan fingerprint density at radius 2 is 1.85 bits per heavy atom. The summed E-state index contributed by atoms with van der Waals surface area (Å²) in [5, 5.41) is 14.1. The van der Waals surface area contributed by atoms with E-state index in [0.717, 1.165) is 60.8 Å². The first kappa shape index (κ1) is 27.6. The quantitative estimate of drug-likeness (QED) is 0.276. The average molecular weight is 539 g/mol. The van der Waals surface area contributed by atoms with Crippen LogP contribution >= 0.6 is 0 Å². The van der Waals surface area contributed by atoms with E-state index in [4.69, 9.17) is 4.52 Å². The van der Waals surface area contributed by atoms with Gasteiger partial charge in [-0.15, -0.1) is 0 Å². The van der Waals surface area contributed by atoms with Crippen LogP contribution in [0.3, 0.4) is 0 Å². The summed E-state index contributed by atoms with van der Waals surface area (Å²) in [4.78, 5) is 19.2. The standard InChI is InChI=1S/C32H38N6O2/c1-22-7-8-26(17-28(22)29-18-30(40-37-29)31(39)35-20-23-6-5-9-34-19-23)36-27-15-24(14-25(16-27)32(2,3)4)21-38-12-10-33-11-13-38/h5-9,14-19,33,36H,10-13,20-21H2,1-4H3,(H,35,39). The topological polar surface area (TPSA) is 95.3 Å². The molecule has 3 heterocycles. The molecule has 2 aromatic carbocycles. The van der Waals surface area contributed by atoms with Crippen LogP contribution in [0.15, 0.2) is 71.5 Å². The lowest BCUT2D eigenvalue weighted by Crippen LogP contribution is -2.42. The highest BCUT2D eigenvalue weighted by Gasteiger charge is 2.19. The van der Waals surface area contributed by atoms with Gasteiger partial charge in [0.05, 0.1) is 0 Å². The number of piperazine rings is 1. The van der Waals surface area contributed by atoms with Gasteiger partial charge >= 0.3 is 0 Å². The van der Waals surface area contributed by atoms with E-state index in [9.17, 15) is 4.79 Å². The van der Waals surface area contributed by atoms with Gasteiger partial charge in [-0.25, -0.2) is 0 Å². The van der Waals surface area contributed by atoms with Gasteiger partial charge in [-0.2, -0.15) is 0 Å². The van der Waals surface area contributed by atoms with E-state index < -0.39 is 0 Å². The predicted octanol–water partition coefficient (Wildman–Crippen LogP) is 5.42. The summed E-state index contributed by atoms with van der Waals surface area (Å²) in [6.07, 6.45) is 3.42. The number of rotatable bonds is 8. The molecule has 0 radical (unpaired) electrons. The molecule has 0 bridgehead atoms. The Balaban J connectivity index is 1.34. The van der Waals surface area contributed by atoms with Crippen molar-refractivity contribution in [2.45, 2.75) is 46.2 Å². The number of hydrogen-bond acceptors (Lipinski definition) is 7. The lowest BCUT2D eigenvalue weighted by molar-refractivity contribution is 0.0914. The molecule has 8 heteroatoms. The summed E-state index contributed by atoms with van der Waals surface area (Å²) in [6.45, 7) is 14.3. The molecule has 1 fully saturated rings. The Morgan fingerprint density at radius 3 is 2.60 bits per heavy atom. The molecule has 0 atom stereocenters. The number of benzene rings is 2. The van der Waals surface area contributed by atoms with Crippen LogP contribution in [0.4, 0.5) is 11.4 Å². The summed E-state index contributed by atoms with van der Waals surface area (Å²) in [7, 11) is 0. The number of carbonyl (C=O) groups is 1. The van der Waals surface area contributed by atoms with Crippen molar-refractivity contribution in [1.82, 2.24) is 25.7 Å². The zero-order valence-electron chi connectivity index (χ0n) is 23.8. The van der Waals surface area contributed by atoms with Crippen molar-refractivity contribution in [3.8, 4) is 11.3 Å². The first-order valence-electron chi connectivity index (χ1n) is 13.8. The minimum absolute atomic E-state index is 0.0308. The largest absolute Gasteiger partial charge is 0.355 e. The summed E-state index contributed by atoms with van der Waals surface area (Å²) < 4.78 is 5.42. The minimum Gasteiger partial charge on any atom is -0.355 e. The van der Waals surface area contributed by atoms with Crippen molar-refractivity contribution >= 4 is 17.3 Å². The molecule has 1 aliphatic rings. The molecule has 3 N–H and O–H groups in total. The molecular formula is C32H38N6O2. The van der Waals surface area contributed by atoms with Crippen LogP contribution < -0.4 is 16.0 Å². The van der Waals surface area contributed by atoms with Crippen molar-refractivity contribution in [2.24, 2.45) is 0 Å². The third-order valence-corrected chi connectivity index (χ3v) is 7.19. The van der Waals surface area contributed by atoms with Crippen LogP contribution in [0.5, 0.6) is 0 Å². The first-order valence-corrected chi connectivity index (χ1v) is 13.8. The number of pyridine rings is 1. The Kier molecular flexibility index (Phi) is 8.28. The fraction of sp³-hybridized carbons (Fsp3) is 0.344. The van der Waals surface area contributed by atoms with Crippen LogP contribution in [-0.4, -0.2) is 47.1 Å². The SMILES string of the molecule is Cc1ccc(Nc2cc(CN3CCNCC3)cc(C(C)(C)C)c2)cc1-c1cc(C(=O)NCc2cccnc2)on1. The third-order valence-electron chi connectivity index (χ3n) is 7.19. The maximum atomic E-state index is 12.7. The summed E-state index contributed by atoms with van der Waals surface area (Å²) >= 11 is 0. The molecule has 8 nitrogen and oxygen atoms in total. The minimum atomic E-state index is -0.314. The number of anilines is 2. The fourth-order valence-corrected chi connectivity index (χ4v) is 4.84. The van der Waals surface area contributed by atoms with E-state index in [1.54, 1.807) is 18.5 Å². The molecule has 208 valence electrons. The third kappa shape index (κ3) is 6.94. The van der Waals surface area contributed by atoms with E-state index in [2.05, 4.69) is 88.2 Å². The highest BCUT2D eigenvalue weighted by molar-refractivity contribution is 5.92. The average Bonchev–Trinajstić information content (AvgIpc) is 3.44. The van der Waals surface area contributed by atoms with E-state index in [0.29, 0.717) is 12.2 Å². The molecule has 0 unspecified atom stereocenters. The van der Waals surface area contributed by atoms with Crippen LogP contribution in [0.1, 0.15) is 53.6 Å². The Labute approximate surface area is 236 Å². The highest BCUT2D eigenvalue weighted by atomic mass is 16.5. The first-order chi connectivity index (χ1) is 19.2. The second-order valence-electron chi connectivity index (χ2n) is 11.5. The molecule has 4 aromatic rings. The van der Waals surface area contributed by atoms with Crippen molar-refractivity contribution in [2.75, 3.05) is 31.5 Å². The summed E-state index contributed by atoms with van der Waals surface area (Å²) in [5.74, 6) is -0.141. The Hall–Kier alpha value is -4.01. The molecule has 0 spiro atoms. The summed E-state index contributed by atoms with van der Waals surface area (Å²) in [6, 6.07) is 18.4. The zero-order chi connectivity index (χ0) is 28.1. The number of carbonyl (C=O) groups excluding carboxylic acids is 1. The fourth-order valence-electron chi connectivity index (χ4n) is 4.84. The van der Waals surface area contributed by atoms with Crippen molar-refractivity contribution < 1.29 is 9.32 Å². The monoisotopic (exact) mass is 538 g/mol. The summed E-state index contributed by atoms with van der Waals surface area (Å²) in [5.41, 5.74) is 8.14. The van der Waals surface area contributed by atoms with Crippen molar-refractivity contribution in [1.29, 1.82) is 0 Å². The lowest BCUT2D eigenvalue weighted by atomic mass is 9.85. The maximum absolute atomic E-state index is 12.7. The predicted molar refractivity (Wildman–Crippen MR) is 159 cm³/mol. The van der Waals surface area contributed by atoms with Gasteiger partial charge in [0.25, 0.3) is 5.91 Å². The van der Waals surface area contributed by atoms with Gasteiger partial charge in [0.2, 0.25) is 5.76 Å². The number of nitrogens with zero attached hydrogens (tertiary/aromatic N) is 3. The second-order valence-corrected chi connectivity index (χ2v) is 11.5. The van der Waals surface area contributed by atoms with Gasteiger partial charge in [-0.05, 0) is 64.9 Å². The molecule has 40 heavy (non-hydrogen) atoms. The van der Waals surface area contributed by atoms with E-state index >= 15 is 0 Å². The number of nitrogens with one attached hydrogen (secondary N) is 3.